The lowest BCUT2D eigenvalue weighted by atomic mass is 10.0. The van der Waals surface area contributed by atoms with Crippen LogP contribution in [0.4, 0.5) is 0 Å². The van der Waals surface area contributed by atoms with Gasteiger partial charge in [0.05, 0.1) is 41.3 Å². The van der Waals surface area contributed by atoms with E-state index in [-0.39, 0.29) is 45.9 Å². The summed E-state index contributed by atoms with van der Waals surface area (Å²) in [6, 6.07) is 0. The summed E-state index contributed by atoms with van der Waals surface area (Å²) in [7, 11) is 8.99. The van der Waals surface area contributed by atoms with Crippen molar-refractivity contribution in [2.24, 2.45) is 0 Å². The van der Waals surface area contributed by atoms with Crippen LogP contribution in [-0.2, 0) is 19.1 Å². The molecule has 0 unspecified atom stereocenters. The maximum atomic E-state index is 12.3. The summed E-state index contributed by atoms with van der Waals surface area (Å²) in [5.41, 5.74) is 0. The molecule has 0 amide bonds. The smallest absolute Gasteiger partial charge is 0.305 e. The second-order valence-corrected chi connectivity index (χ2v) is 18.0. The lowest BCUT2D eigenvalue weighted by Crippen LogP contribution is -3.00. The molecule has 332 valence electrons. The fourth-order valence-corrected chi connectivity index (χ4v) is 7.37. The third-order valence-electron chi connectivity index (χ3n) is 11.4. The molecule has 0 rings (SSSR count). The quantitative estimate of drug-likeness (QED) is 0.0372. The Labute approximate surface area is 365 Å². The normalized spacial score (nSPS) is 11.6. The van der Waals surface area contributed by atoms with Crippen molar-refractivity contribution in [1.29, 1.82) is 0 Å². The van der Waals surface area contributed by atoms with Gasteiger partial charge in [0, 0.05) is 12.8 Å². The first-order valence-corrected chi connectivity index (χ1v) is 23.6. The van der Waals surface area contributed by atoms with Crippen molar-refractivity contribution in [3.63, 3.8) is 0 Å². The molecule has 0 bridgehead atoms. The highest BCUT2D eigenvalue weighted by Crippen LogP contribution is 2.15. The minimum Gasteiger partial charge on any atom is -1.00 e. The van der Waals surface area contributed by atoms with Crippen LogP contribution in [0.3, 0.4) is 0 Å². The fraction of sp³-hybridized carbons (Fsp3) is 0.957. The van der Waals surface area contributed by atoms with Gasteiger partial charge in [-0.15, -0.1) is 0 Å². The maximum Gasteiger partial charge on any atom is 0.305 e. The van der Waals surface area contributed by atoms with Crippen molar-refractivity contribution in [2.75, 3.05) is 67.6 Å². The Morgan fingerprint density at radius 1 is 0.327 bits per heavy atom. The topological polar surface area (TPSA) is 52.6 Å². The van der Waals surface area contributed by atoms with Gasteiger partial charge in [0.15, 0.2) is 0 Å². The van der Waals surface area contributed by atoms with Gasteiger partial charge in [-0.1, -0.05) is 174 Å². The molecular formula is C47H96Br2N2O4. The van der Waals surface area contributed by atoms with Gasteiger partial charge < -0.3 is 52.4 Å². The monoisotopic (exact) mass is 911 g/mol. The lowest BCUT2D eigenvalue weighted by molar-refractivity contribution is -0.890. The van der Waals surface area contributed by atoms with E-state index in [1.54, 1.807) is 0 Å². The lowest BCUT2D eigenvalue weighted by Gasteiger charge is -2.29. The number of halogens is 2. The van der Waals surface area contributed by atoms with Crippen LogP contribution in [0.25, 0.3) is 0 Å². The summed E-state index contributed by atoms with van der Waals surface area (Å²) < 4.78 is 12.9. The number of esters is 2. The van der Waals surface area contributed by atoms with Gasteiger partial charge in [-0.2, -0.15) is 0 Å². The number of likely N-dealkylation sites (N-methyl/N-ethyl adjacent to an activating group) is 2. The molecule has 0 aliphatic carbocycles. The highest BCUT2D eigenvalue weighted by molar-refractivity contribution is 5.69. The van der Waals surface area contributed by atoms with Crippen LogP contribution in [0.5, 0.6) is 0 Å². The molecule has 8 heteroatoms. The van der Waals surface area contributed by atoms with E-state index < -0.39 is 0 Å². The van der Waals surface area contributed by atoms with Crippen molar-refractivity contribution >= 4 is 11.9 Å². The maximum absolute atomic E-state index is 12.3. The minimum atomic E-state index is -0.108. The molecule has 0 fully saturated rings. The van der Waals surface area contributed by atoms with Crippen LogP contribution in [0.1, 0.15) is 226 Å². The van der Waals surface area contributed by atoms with E-state index in [0.717, 1.165) is 54.4 Å². The highest BCUT2D eigenvalue weighted by Gasteiger charge is 2.17. The first-order chi connectivity index (χ1) is 25.6. The van der Waals surface area contributed by atoms with Crippen molar-refractivity contribution in [3.8, 4) is 0 Å². The average molecular weight is 913 g/mol. The molecule has 0 atom stereocenters. The van der Waals surface area contributed by atoms with Gasteiger partial charge in [0.25, 0.3) is 0 Å². The molecule has 0 radical (unpaired) electrons. The highest BCUT2D eigenvalue weighted by atomic mass is 79.9. The summed E-state index contributed by atoms with van der Waals surface area (Å²) in [5.74, 6) is -0.217. The van der Waals surface area contributed by atoms with Gasteiger partial charge in [-0.3, -0.25) is 9.59 Å². The third kappa shape index (κ3) is 46.4. The Bertz CT molecular complexity index is 748. The third-order valence-corrected chi connectivity index (χ3v) is 11.4. The van der Waals surface area contributed by atoms with E-state index >= 15 is 0 Å². The molecule has 0 heterocycles. The molecule has 0 aliphatic rings. The van der Waals surface area contributed by atoms with Gasteiger partial charge in [-0.05, 0) is 38.5 Å². The van der Waals surface area contributed by atoms with E-state index in [2.05, 4.69) is 42.0 Å². The summed E-state index contributed by atoms with van der Waals surface area (Å²) in [6.07, 6.45) is 42.1. The molecule has 0 aromatic carbocycles. The number of carbonyl (C=O) groups is 2. The van der Waals surface area contributed by atoms with Crippen molar-refractivity contribution in [3.05, 3.63) is 0 Å². The van der Waals surface area contributed by atoms with Crippen LogP contribution in [0.2, 0.25) is 0 Å². The molecule has 55 heavy (non-hydrogen) atoms. The van der Waals surface area contributed by atoms with Crippen LogP contribution >= 0.6 is 0 Å². The zero-order valence-electron chi connectivity index (χ0n) is 37.9. The Hall–Kier alpha value is -0.180. The molecule has 0 aromatic heterocycles. The number of carbonyl (C=O) groups excluding carboxylic acids is 2. The number of unbranched alkanes of at least 4 members (excludes halogenated alkanes) is 28. The Morgan fingerprint density at radius 2 is 0.545 bits per heavy atom. The number of nitrogens with zero attached hydrogens (tertiary/aromatic N) is 2. The second-order valence-electron chi connectivity index (χ2n) is 18.0. The molecule has 0 aromatic rings. The zero-order chi connectivity index (χ0) is 39.1. The van der Waals surface area contributed by atoms with Crippen molar-refractivity contribution in [1.82, 2.24) is 0 Å². The van der Waals surface area contributed by atoms with E-state index in [1.807, 2.05) is 0 Å². The van der Waals surface area contributed by atoms with Crippen molar-refractivity contribution in [2.45, 2.75) is 226 Å². The van der Waals surface area contributed by atoms with Gasteiger partial charge in [0.2, 0.25) is 0 Å². The number of hydrogen-bond donors (Lipinski definition) is 0. The molecular weight excluding hydrogens is 816 g/mol. The van der Waals surface area contributed by atoms with Gasteiger partial charge in [-0.25, -0.2) is 0 Å². The zero-order valence-corrected chi connectivity index (χ0v) is 41.0. The van der Waals surface area contributed by atoms with E-state index in [9.17, 15) is 9.59 Å². The van der Waals surface area contributed by atoms with Crippen molar-refractivity contribution < 1.29 is 62.0 Å². The van der Waals surface area contributed by atoms with Crippen LogP contribution in [0.15, 0.2) is 0 Å². The SMILES string of the molecule is CCCCCCCCCCCCCCCC[N+](C)(C)CCOC(=O)CCCCCC(=O)OCC[N+](C)(C)CCCCCCCCCCCCCCCC.[Br-].[Br-]. The summed E-state index contributed by atoms with van der Waals surface area (Å²) in [6.45, 7) is 9.57. The molecule has 6 nitrogen and oxygen atoms in total. The number of ether oxygens (including phenoxy) is 2. The predicted octanol–water partition coefficient (Wildman–Crippen LogP) is 7.15. The largest absolute Gasteiger partial charge is 1.00 e. The Balaban J connectivity index is -0.0000135. The number of rotatable bonds is 42. The number of quaternary nitrogens is 2. The standard InChI is InChI=1S/C47H96N2O4.2BrH/c1-7-9-11-13-15-17-19-21-23-25-27-29-31-36-40-48(3,4)42-44-52-46(50)38-34-33-35-39-47(51)53-45-43-49(5,6)41-37-32-30-28-26-24-22-20-18-16-14-12-10-8-2;;/h7-45H2,1-6H3;2*1H/q+2;;/p-2. The summed E-state index contributed by atoms with van der Waals surface area (Å²) >= 11 is 0. The molecule has 0 aliphatic heterocycles. The van der Waals surface area contributed by atoms with E-state index in [0.29, 0.717) is 26.1 Å². The molecule has 0 saturated heterocycles. The molecule has 0 spiro atoms. The van der Waals surface area contributed by atoms with Gasteiger partial charge in [0.1, 0.15) is 26.3 Å². The second kappa shape index (κ2) is 43.4. The van der Waals surface area contributed by atoms with Crippen LogP contribution in [-0.4, -0.2) is 88.5 Å². The van der Waals surface area contributed by atoms with E-state index in [4.69, 9.17) is 9.47 Å². The molecule has 0 N–H and O–H groups in total. The summed E-state index contributed by atoms with van der Waals surface area (Å²) in [5, 5.41) is 0. The predicted molar refractivity (Wildman–Crippen MR) is 229 cm³/mol. The Kier molecular flexibility index (Phi) is 46.7. The van der Waals surface area contributed by atoms with E-state index in [1.165, 1.54) is 180 Å². The molecule has 0 saturated carbocycles. The fourth-order valence-electron chi connectivity index (χ4n) is 7.37. The first-order valence-electron chi connectivity index (χ1n) is 23.6. The average Bonchev–Trinajstić information content (AvgIpc) is 3.11. The van der Waals surface area contributed by atoms with Gasteiger partial charge >= 0.3 is 11.9 Å². The summed E-state index contributed by atoms with van der Waals surface area (Å²) in [4.78, 5) is 24.5. The Morgan fingerprint density at radius 3 is 0.800 bits per heavy atom. The van der Waals surface area contributed by atoms with Crippen LogP contribution < -0.4 is 34.0 Å². The minimum absolute atomic E-state index is 0. The number of hydrogen-bond acceptors (Lipinski definition) is 4. The van der Waals surface area contributed by atoms with Crippen LogP contribution in [0, 0.1) is 0 Å². The first kappa shape index (κ1) is 59.1.